The van der Waals surface area contributed by atoms with E-state index in [0.717, 1.165) is 13.4 Å². The summed E-state index contributed by atoms with van der Waals surface area (Å²) in [4.78, 5) is 0. The summed E-state index contributed by atoms with van der Waals surface area (Å²) < 4.78 is 4.03. The molecular formula is C9H9Cl4LiMgS2Si. The zero-order chi connectivity index (χ0) is 10.5. The van der Waals surface area contributed by atoms with E-state index in [2.05, 4.69) is 25.7 Å². The SMILES string of the molecule is C[Si](C)(C)c1c(Cl)sc2[c-]c(Cl)sc12.[Cl-].[Cl-].[Li+].[Mg+2]. The standard InChI is InChI=1S/C9H9Cl2S2Si.2ClH.Li.Mg/c1-14(2,3)8-7-5(12-9(8)11)4-6(10)13-7;;;;/h1-3H3;2*1H;;/q-1;;;+1;+2/p-2. The minimum atomic E-state index is -1.37. The molecule has 2 rings (SSSR count). The van der Waals surface area contributed by atoms with E-state index in [1.165, 1.54) is 9.89 Å². The molecule has 0 aromatic carbocycles. The van der Waals surface area contributed by atoms with Crippen molar-refractivity contribution >= 4 is 91.6 Å². The van der Waals surface area contributed by atoms with Crippen LogP contribution in [0.4, 0.5) is 0 Å². The average Bonchev–Trinajstić information content (AvgIpc) is 2.38. The first-order chi connectivity index (χ1) is 6.39. The summed E-state index contributed by atoms with van der Waals surface area (Å²) in [6.45, 7) is 6.90. The fourth-order valence-corrected chi connectivity index (χ4v) is 8.44. The molecule has 2 aromatic rings. The van der Waals surface area contributed by atoms with Gasteiger partial charge in [0.25, 0.3) is 0 Å². The van der Waals surface area contributed by atoms with Crippen molar-refractivity contribution in [3.05, 3.63) is 14.7 Å². The zero-order valence-corrected chi connectivity index (χ0v) is 17.6. The van der Waals surface area contributed by atoms with Gasteiger partial charge in [-0.3, -0.25) is 0 Å². The molecule has 0 saturated heterocycles. The van der Waals surface area contributed by atoms with Crippen molar-refractivity contribution < 1.29 is 43.7 Å². The molecule has 0 unspecified atom stereocenters. The maximum Gasteiger partial charge on any atom is 2.00 e. The van der Waals surface area contributed by atoms with E-state index in [4.69, 9.17) is 23.2 Å². The molecule has 0 N–H and O–H groups in total. The van der Waals surface area contributed by atoms with Gasteiger partial charge in [-0.2, -0.15) is 11.3 Å². The van der Waals surface area contributed by atoms with Gasteiger partial charge in [-0.25, -0.2) is 17.4 Å². The summed E-state index contributed by atoms with van der Waals surface area (Å²) in [5.74, 6) is 0. The Morgan fingerprint density at radius 1 is 1.06 bits per heavy atom. The van der Waals surface area contributed by atoms with Crippen LogP contribution in [-0.2, 0) is 0 Å². The van der Waals surface area contributed by atoms with E-state index in [1.54, 1.807) is 22.7 Å². The van der Waals surface area contributed by atoms with Crippen LogP contribution in [0.25, 0.3) is 9.40 Å². The molecular weight excluding hydrogens is 373 g/mol. The minimum Gasteiger partial charge on any atom is -1.00 e. The molecule has 0 atom stereocenters. The van der Waals surface area contributed by atoms with Crippen LogP contribution >= 0.6 is 45.9 Å². The number of hydrogen-bond donors (Lipinski definition) is 0. The van der Waals surface area contributed by atoms with Crippen LogP contribution in [-0.4, -0.2) is 31.1 Å². The molecule has 0 amide bonds. The molecule has 0 spiro atoms. The Balaban J connectivity index is -0.000000562. The van der Waals surface area contributed by atoms with E-state index < -0.39 is 8.07 Å². The number of fused-ring (bicyclic) bond motifs is 1. The van der Waals surface area contributed by atoms with Gasteiger partial charge < -0.3 is 24.8 Å². The second kappa shape index (κ2) is 9.42. The second-order valence-corrected chi connectivity index (χ2v) is 12.4. The first-order valence-electron chi connectivity index (χ1n) is 4.19. The van der Waals surface area contributed by atoms with Gasteiger partial charge in [-0.05, 0) is 4.34 Å². The fourth-order valence-electron chi connectivity index (χ4n) is 1.41. The largest absolute Gasteiger partial charge is 2.00 e. The van der Waals surface area contributed by atoms with Crippen LogP contribution in [0.3, 0.4) is 0 Å². The number of halogens is 4. The van der Waals surface area contributed by atoms with Gasteiger partial charge in [0.2, 0.25) is 0 Å². The van der Waals surface area contributed by atoms with Crippen molar-refractivity contribution in [2.45, 2.75) is 19.6 Å². The molecule has 9 heteroatoms. The van der Waals surface area contributed by atoms with Crippen LogP contribution in [0.1, 0.15) is 0 Å². The normalized spacial score (nSPS) is 9.83. The molecule has 92 valence electrons. The molecule has 0 saturated carbocycles. The van der Waals surface area contributed by atoms with Crippen molar-refractivity contribution in [3.8, 4) is 0 Å². The Morgan fingerprint density at radius 3 is 2.00 bits per heavy atom. The average molecular weight is 382 g/mol. The zero-order valence-electron chi connectivity index (χ0n) is 10.5. The summed E-state index contributed by atoms with van der Waals surface area (Å²) in [5.41, 5.74) is 0. The Labute approximate surface area is 167 Å². The van der Waals surface area contributed by atoms with Gasteiger partial charge >= 0.3 is 41.9 Å². The molecule has 0 nitrogen and oxygen atoms in total. The molecule has 0 aliphatic heterocycles. The van der Waals surface area contributed by atoms with Gasteiger partial charge in [0.1, 0.15) is 0 Å². The third-order valence-corrected chi connectivity index (χ3v) is 7.16. The summed E-state index contributed by atoms with van der Waals surface area (Å²) in [6.07, 6.45) is 0. The summed E-state index contributed by atoms with van der Waals surface area (Å²) in [5, 5.41) is 1.34. The van der Waals surface area contributed by atoms with Crippen molar-refractivity contribution in [3.63, 3.8) is 0 Å². The van der Waals surface area contributed by atoms with Crippen LogP contribution in [0.5, 0.6) is 0 Å². The van der Waals surface area contributed by atoms with E-state index in [9.17, 15) is 0 Å². The van der Waals surface area contributed by atoms with E-state index in [1.807, 2.05) is 0 Å². The molecule has 0 aliphatic carbocycles. The van der Waals surface area contributed by atoms with Gasteiger partial charge in [0, 0.05) is 0 Å². The summed E-state index contributed by atoms with van der Waals surface area (Å²) in [6, 6.07) is 3.13. The molecule has 0 radical (unpaired) electrons. The van der Waals surface area contributed by atoms with Gasteiger partial charge in [-0.15, -0.1) is 9.40 Å². The minimum absolute atomic E-state index is 0. The summed E-state index contributed by atoms with van der Waals surface area (Å²) in [7, 11) is -1.37. The Bertz CT molecular complexity index is 494. The number of rotatable bonds is 1. The predicted octanol–water partition coefficient (Wildman–Crippen LogP) is -4.75. The predicted molar refractivity (Wildman–Crippen MR) is 77.3 cm³/mol. The fraction of sp³-hybridized carbons (Fsp3) is 0.333. The quantitative estimate of drug-likeness (QED) is 0.343. The van der Waals surface area contributed by atoms with Crippen LogP contribution in [0, 0.1) is 6.07 Å². The van der Waals surface area contributed by atoms with Gasteiger partial charge in [-0.1, -0.05) is 48.0 Å². The Morgan fingerprint density at radius 2 is 1.56 bits per heavy atom. The first kappa shape index (κ1) is 25.4. The van der Waals surface area contributed by atoms with Crippen molar-refractivity contribution in [2.24, 2.45) is 0 Å². The second-order valence-electron chi connectivity index (χ2n) is 4.16. The molecule has 18 heavy (non-hydrogen) atoms. The van der Waals surface area contributed by atoms with Crippen molar-refractivity contribution in [1.29, 1.82) is 0 Å². The number of hydrogen-bond acceptors (Lipinski definition) is 2. The molecule has 0 bridgehead atoms. The van der Waals surface area contributed by atoms with Gasteiger partial charge in [0.15, 0.2) is 0 Å². The van der Waals surface area contributed by atoms with Crippen LogP contribution in [0.2, 0.25) is 28.3 Å². The molecule has 0 aliphatic rings. The maximum absolute atomic E-state index is 6.24. The third kappa shape index (κ3) is 5.31. The Kier molecular flexibility index (Phi) is 13.3. The van der Waals surface area contributed by atoms with Crippen LogP contribution in [0.15, 0.2) is 0 Å². The third-order valence-electron chi connectivity index (χ3n) is 1.97. The monoisotopic (exact) mass is 380 g/mol. The topological polar surface area (TPSA) is 0 Å². The van der Waals surface area contributed by atoms with Crippen LogP contribution < -0.4 is 48.9 Å². The summed E-state index contributed by atoms with van der Waals surface area (Å²) >= 11 is 15.4. The van der Waals surface area contributed by atoms with Crippen molar-refractivity contribution in [2.75, 3.05) is 0 Å². The van der Waals surface area contributed by atoms with E-state index in [-0.39, 0.29) is 66.7 Å². The molecule has 2 heterocycles. The number of thiophene rings is 2. The first-order valence-corrected chi connectivity index (χ1v) is 10.1. The van der Waals surface area contributed by atoms with E-state index in [0.29, 0.717) is 0 Å². The molecule has 2 aromatic heterocycles. The maximum atomic E-state index is 6.24. The van der Waals surface area contributed by atoms with Crippen molar-refractivity contribution in [1.82, 2.24) is 0 Å². The van der Waals surface area contributed by atoms with E-state index >= 15 is 0 Å². The van der Waals surface area contributed by atoms with Gasteiger partial charge in [0.05, 0.1) is 12.4 Å². The molecule has 0 fully saturated rings. The smallest absolute Gasteiger partial charge is 1.00 e. The Hall–Kier alpha value is 2.40.